The standard InChI is InChI=1S/C17H18ClNO3/c1-21-15-9-4-5-10-16(15)22-12-6-11-17(20)19-14-8-3-2-7-13(14)18/h2-5,7-10H,6,11-12H2,1H3,(H,19,20). The van der Waals surface area contributed by atoms with Crippen LogP contribution in [0.4, 0.5) is 5.69 Å². The summed E-state index contributed by atoms with van der Waals surface area (Å²) in [7, 11) is 1.60. The number of carbonyl (C=O) groups is 1. The summed E-state index contributed by atoms with van der Waals surface area (Å²) >= 11 is 5.99. The van der Waals surface area contributed by atoms with E-state index in [9.17, 15) is 4.79 Å². The zero-order valence-electron chi connectivity index (χ0n) is 12.3. The number of halogens is 1. The van der Waals surface area contributed by atoms with Crippen molar-refractivity contribution in [1.29, 1.82) is 0 Å². The van der Waals surface area contributed by atoms with Crippen LogP contribution in [0.25, 0.3) is 0 Å². The van der Waals surface area contributed by atoms with Crippen molar-refractivity contribution in [3.63, 3.8) is 0 Å². The van der Waals surface area contributed by atoms with Gasteiger partial charge in [-0.1, -0.05) is 35.9 Å². The molecule has 0 saturated carbocycles. The van der Waals surface area contributed by atoms with Gasteiger partial charge < -0.3 is 14.8 Å². The Bertz CT molecular complexity index is 631. The van der Waals surface area contributed by atoms with Gasteiger partial charge in [0.1, 0.15) is 0 Å². The highest BCUT2D eigenvalue weighted by molar-refractivity contribution is 6.33. The van der Waals surface area contributed by atoms with E-state index in [1.807, 2.05) is 36.4 Å². The van der Waals surface area contributed by atoms with Gasteiger partial charge in [0.05, 0.1) is 24.4 Å². The average Bonchev–Trinajstić information content (AvgIpc) is 2.54. The molecule has 0 aliphatic heterocycles. The van der Waals surface area contributed by atoms with Crippen LogP contribution in [0.5, 0.6) is 11.5 Å². The summed E-state index contributed by atoms with van der Waals surface area (Å²) in [5, 5.41) is 3.31. The van der Waals surface area contributed by atoms with Gasteiger partial charge in [0.15, 0.2) is 11.5 Å². The minimum atomic E-state index is -0.0864. The van der Waals surface area contributed by atoms with Gasteiger partial charge in [-0.05, 0) is 30.7 Å². The summed E-state index contributed by atoms with van der Waals surface area (Å²) in [6.07, 6.45) is 0.967. The topological polar surface area (TPSA) is 47.6 Å². The summed E-state index contributed by atoms with van der Waals surface area (Å²) in [6.45, 7) is 0.441. The van der Waals surface area contributed by atoms with Gasteiger partial charge in [-0.25, -0.2) is 0 Å². The lowest BCUT2D eigenvalue weighted by molar-refractivity contribution is -0.116. The van der Waals surface area contributed by atoms with Crippen LogP contribution in [0, 0.1) is 0 Å². The minimum absolute atomic E-state index is 0.0864. The lowest BCUT2D eigenvalue weighted by Gasteiger charge is -2.10. The number of methoxy groups -OCH3 is 1. The average molecular weight is 320 g/mol. The molecular weight excluding hydrogens is 302 g/mol. The van der Waals surface area contributed by atoms with Crippen molar-refractivity contribution in [2.75, 3.05) is 19.0 Å². The molecule has 2 rings (SSSR count). The number of carbonyl (C=O) groups excluding carboxylic acids is 1. The molecule has 22 heavy (non-hydrogen) atoms. The first-order valence-electron chi connectivity index (χ1n) is 7.01. The van der Waals surface area contributed by atoms with Crippen molar-refractivity contribution in [2.24, 2.45) is 0 Å². The molecule has 2 aromatic carbocycles. The third kappa shape index (κ3) is 4.67. The molecule has 0 fully saturated rings. The predicted molar refractivity (Wildman–Crippen MR) is 87.8 cm³/mol. The first-order valence-corrected chi connectivity index (χ1v) is 7.38. The van der Waals surface area contributed by atoms with Crippen molar-refractivity contribution in [3.05, 3.63) is 53.6 Å². The Morgan fingerprint density at radius 1 is 1.09 bits per heavy atom. The van der Waals surface area contributed by atoms with Crippen molar-refractivity contribution in [2.45, 2.75) is 12.8 Å². The monoisotopic (exact) mass is 319 g/mol. The predicted octanol–water partition coefficient (Wildman–Crippen LogP) is 4.15. The van der Waals surface area contributed by atoms with Crippen LogP contribution in [0.2, 0.25) is 5.02 Å². The Balaban J connectivity index is 1.75. The summed E-state index contributed by atoms with van der Waals surface area (Å²) in [5.41, 5.74) is 0.625. The summed E-state index contributed by atoms with van der Waals surface area (Å²) < 4.78 is 10.8. The minimum Gasteiger partial charge on any atom is -0.493 e. The van der Waals surface area contributed by atoms with E-state index in [2.05, 4.69) is 5.32 Å². The Hall–Kier alpha value is -2.20. The maximum atomic E-state index is 11.8. The second-order valence-electron chi connectivity index (χ2n) is 4.63. The maximum absolute atomic E-state index is 11.8. The second kappa shape index (κ2) is 8.29. The molecule has 0 aromatic heterocycles. The zero-order chi connectivity index (χ0) is 15.8. The number of para-hydroxylation sites is 3. The lowest BCUT2D eigenvalue weighted by Crippen LogP contribution is -2.13. The Morgan fingerprint density at radius 3 is 2.50 bits per heavy atom. The van der Waals surface area contributed by atoms with Gasteiger partial charge in [-0.15, -0.1) is 0 Å². The first-order chi connectivity index (χ1) is 10.7. The smallest absolute Gasteiger partial charge is 0.224 e. The molecule has 0 bridgehead atoms. The van der Waals surface area contributed by atoms with Crippen LogP contribution in [-0.4, -0.2) is 19.6 Å². The van der Waals surface area contributed by atoms with Gasteiger partial charge in [-0.3, -0.25) is 4.79 Å². The van der Waals surface area contributed by atoms with E-state index in [1.54, 1.807) is 19.2 Å². The van der Waals surface area contributed by atoms with E-state index in [1.165, 1.54) is 0 Å². The van der Waals surface area contributed by atoms with E-state index >= 15 is 0 Å². The van der Waals surface area contributed by atoms with Crippen molar-refractivity contribution in [3.8, 4) is 11.5 Å². The molecule has 0 aliphatic carbocycles. The normalized spacial score (nSPS) is 10.1. The summed E-state index contributed by atoms with van der Waals surface area (Å²) in [4.78, 5) is 11.8. The molecule has 2 aromatic rings. The number of anilines is 1. The first kappa shape index (κ1) is 16.2. The maximum Gasteiger partial charge on any atom is 0.224 e. The molecule has 116 valence electrons. The number of rotatable bonds is 7. The number of amides is 1. The van der Waals surface area contributed by atoms with E-state index < -0.39 is 0 Å². The van der Waals surface area contributed by atoms with E-state index in [0.717, 1.165) is 0 Å². The van der Waals surface area contributed by atoms with Crippen LogP contribution in [-0.2, 0) is 4.79 Å². The molecular formula is C17H18ClNO3. The van der Waals surface area contributed by atoms with Gasteiger partial charge >= 0.3 is 0 Å². The fraction of sp³-hybridized carbons (Fsp3) is 0.235. The molecule has 0 heterocycles. The van der Waals surface area contributed by atoms with Gasteiger partial charge in [0.25, 0.3) is 0 Å². The molecule has 0 radical (unpaired) electrons. The SMILES string of the molecule is COc1ccccc1OCCCC(=O)Nc1ccccc1Cl. The molecule has 0 atom stereocenters. The highest BCUT2D eigenvalue weighted by Gasteiger charge is 2.06. The molecule has 1 N–H and O–H groups in total. The van der Waals surface area contributed by atoms with Crippen molar-refractivity contribution in [1.82, 2.24) is 0 Å². The highest BCUT2D eigenvalue weighted by atomic mass is 35.5. The summed E-state index contributed by atoms with van der Waals surface area (Å²) in [6, 6.07) is 14.6. The van der Waals surface area contributed by atoms with Gasteiger partial charge in [0, 0.05) is 6.42 Å². The summed E-state index contributed by atoms with van der Waals surface area (Å²) in [5.74, 6) is 1.27. The third-order valence-electron chi connectivity index (χ3n) is 3.02. The number of nitrogens with one attached hydrogen (secondary N) is 1. The number of hydrogen-bond acceptors (Lipinski definition) is 3. The van der Waals surface area contributed by atoms with Gasteiger partial charge in [0.2, 0.25) is 5.91 Å². The van der Waals surface area contributed by atoms with E-state index in [0.29, 0.717) is 41.7 Å². The largest absolute Gasteiger partial charge is 0.493 e. The second-order valence-corrected chi connectivity index (χ2v) is 5.04. The molecule has 0 aliphatic rings. The van der Waals surface area contributed by atoms with Crippen LogP contribution in [0.1, 0.15) is 12.8 Å². The van der Waals surface area contributed by atoms with Crippen LogP contribution in [0.3, 0.4) is 0 Å². The van der Waals surface area contributed by atoms with Crippen LogP contribution < -0.4 is 14.8 Å². The lowest BCUT2D eigenvalue weighted by atomic mass is 10.2. The fourth-order valence-electron chi connectivity index (χ4n) is 1.93. The number of ether oxygens (including phenoxy) is 2. The van der Waals surface area contributed by atoms with E-state index in [-0.39, 0.29) is 5.91 Å². The third-order valence-corrected chi connectivity index (χ3v) is 3.35. The fourth-order valence-corrected chi connectivity index (χ4v) is 2.11. The Morgan fingerprint density at radius 2 is 1.77 bits per heavy atom. The number of benzene rings is 2. The molecule has 0 saturated heterocycles. The number of hydrogen-bond donors (Lipinski definition) is 1. The molecule has 5 heteroatoms. The molecule has 4 nitrogen and oxygen atoms in total. The highest BCUT2D eigenvalue weighted by Crippen LogP contribution is 2.26. The Labute approximate surface area is 135 Å². The molecule has 0 unspecified atom stereocenters. The van der Waals surface area contributed by atoms with Gasteiger partial charge in [-0.2, -0.15) is 0 Å². The van der Waals surface area contributed by atoms with Crippen LogP contribution in [0.15, 0.2) is 48.5 Å². The Kier molecular flexibility index (Phi) is 6.10. The van der Waals surface area contributed by atoms with Crippen LogP contribution >= 0.6 is 11.6 Å². The zero-order valence-corrected chi connectivity index (χ0v) is 13.1. The van der Waals surface area contributed by atoms with Crippen molar-refractivity contribution >= 4 is 23.2 Å². The van der Waals surface area contributed by atoms with E-state index in [4.69, 9.17) is 21.1 Å². The molecule has 0 spiro atoms. The molecule has 1 amide bonds. The quantitative estimate of drug-likeness (QED) is 0.780. The van der Waals surface area contributed by atoms with Crippen molar-refractivity contribution < 1.29 is 14.3 Å².